The summed E-state index contributed by atoms with van der Waals surface area (Å²) in [6.45, 7) is 9.51. The van der Waals surface area contributed by atoms with Gasteiger partial charge >= 0.3 is 18.4 Å². The van der Waals surface area contributed by atoms with Crippen LogP contribution in [0.4, 0.5) is 28.4 Å². The Labute approximate surface area is 318 Å². The summed E-state index contributed by atoms with van der Waals surface area (Å²) < 4.78 is 75.2. The number of sulfonamides is 1. The van der Waals surface area contributed by atoms with E-state index in [9.17, 15) is 50.7 Å². The van der Waals surface area contributed by atoms with Crippen LogP contribution in [-0.4, -0.2) is 88.9 Å². The van der Waals surface area contributed by atoms with Crippen molar-refractivity contribution < 1.29 is 55.4 Å². The highest BCUT2D eigenvalue weighted by atomic mass is 32.2. The molecule has 0 aromatic heterocycles. The lowest BCUT2D eigenvalue weighted by molar-refractivity contribution is -0.142. The monoisotopic (exact) mass is 797 g/mol. The molecule has 2 aliphatic heterocycles. The largest absolute Gasteiger partial charge is 0.465 e. The van der Waals surface area contributed by atoms with Crippen molar-refractivity contribution in [2.45, 2.75) is 127 Å². The highest BCUT2D eigenvalue weighted by molar-refractivity contribution is 7.91. The molecule has 304 valence electrons. The number of amides is 5. The number of rotatable bonds is 6. The molecular formula is C37H50F3N5O9S. The Balaban J connectivity index is 1.58. The number of carboxylic acid groups (broad SMARTS) is 1. The molecular weight excluding hydrogens is 747 g/mol. The van der Waals surface area contributed by atoms with Gasteiger partial charge in [-0.25, -0.2) is 18.0 Å². The first-order valence-electron chi connectivity index (χ1n) is 18.4. The lowest BCUT2D eigenvalue weighted by Crippen LogP contribution is -2.59. The van der Waals surface area contributed by atoms with Crippen molar-refractivity contribution in [3.63, 3.8) is 0 Å². The van der Waals surface area contributed by atoms with Crippen LogP contribution in [0, 0.1) is 17.8 Å². The molecule has 5 rings (SSSR count). The SMILES string of the molecule is C[C@H]1CC/C=C\[C@@H]2C[C@@]2(C(=O)NS(=O)(=O)C2(C)CC2)NC(=O)[C@@H]2C[C@@H](N(C(=O)O)c3ccccc3C(F)(F)F)CN2C(=O)[C@@H](NC(=O)OC(C)(C)C)[C@H](C)C1. The number of anilines is 1. The summed E-state index contributed by atoms with van der Waals surface area (Å²) in [6.07, 6.45) is -2.27. The molecule has 0 bridgehead atoms. The smallest absolute Gasteiger partial charge is 0.418 e. The van der Waals surface area contributed by atoms with Gasteiger partial charge in [-0.3, -0.25) is 24.0 Å². The Hall–Kier alpha value is -4.35. The fourth-order valence-corrected chi connectivity index (χ4v) is 8.84. The zero-order chi connectivity index (χ0) is 40.9. The lowest BCUT2D eigenvalue weighted by atomic mass is 9.88. The number of nitrogens with zero attached hydrogens (tertiary/aromatic N) is 2. The average molecular weight is 798 g/mol. The molecule has 0 spiro atoms. The van der Waals surface area contributed by atoms with Crippen molar-refractivity contribution in [2.75, 3.05) is 11.4 Å². The lowest BCUT2D eigenvalue weighted by Gasteiger charge is -2.33. The third-order valence-corrected chi connectivity index (χ3v) is 13.1. The summed E-state index contributed by atoms with van der Waals surface area (Å²) in [6, 6.07) is -0.231. The maximum atomic E-state index is 14.7. The van der Waals surface area contributed by atoms with E-state index in [0.717, 1.165) is 23.1 Å². The highest BCUT2D eigenvalue weighted by Gasteiger charge is 2.63. The van der Waals surface area contributed by atoms with Crippen molar-refractivity contribution in [1.29, 1.82) is 0 Å². The summed E-state index contributed by atoms with van der Waals surface area (Å²) in [5.41, 5.74) is -4.67. The maximum absolute atomic E-state index is 14.7. The van der Waals surface area contributed by atoms with E-state index in [1.165, 1.54) is 13.0 Å². The predicted octanol–water partition coefficient (Wildman–Crippen LogP) is 4.94. The number of hydrogen-bond donors (Lipinski definition) is 4. The van der Waals surface area contributed by atoms with Crippen LogP contribution in [0.15, 0.2) is 36.4 Å². The highest BCUT2D eigenvalue weighted by Crippen LogP contribution is 2.48. The molecule has 1 aromatic rings. The Kier molecular flexibility index (Phi) is 11.4. The zero-order valence-corrected chi connectivity index (χ0v) is 32.6. The summed E-state index contributed by atoms with van der Waals surface area (Å²) >= 11 is 0. The predicted molar refractivity (Wildman–Crippen MR) is 194 cm³/mol. The average Bonchev–Trinajstić information content (AvgIpc) is 3.93. The number of fused-ring (bicyclic) bond motifs is 2. The third kappa shape index (κ3) is 9.04. The van der Waals surface area contributed by atoms with Gasteiger partial charge < -0.3 is 25.4 Å². The molecule has 2 heterocycles. The second-order valence-electron chi connectivity index (χ2n) is 16.7. The number of carbonyl (C=O) groups is 5. The molecule has 0 unspecified atom stereocenters. The van der Waals surface area contributed by atoms with E-state index in [0.29, 0.717) is 37.0 Å². The standard InChI is InChI=1S/C37H50F3N5O9S/c1-21-11-7-8-12-23-19-36(23,31(48)43-55(52,53)35(6)15-16-35)42-29(46)27-18-24(45(33(50)51)26-14-10-9-13-25(26)37(38,39)40)20-44(27)30(47)28(22(2)17-21)41-32(49)54-34(3,4)5/h8-10,12-14,21-24,27-28H,7,11,15-20H2,1-6H3,(H,41,49)(H,42,46)(H,43,48)(H,50,51)/b12-8-/t21-,22+,23+,24+,27-,28-,36+/m0/s1. The van der Waals surface area contributed by atoms with Crippen LogP contribution in [0.2, 0.25) is 0 Å². The summed E-state index contributed by atoms with van der Waals surface area (Å²) in [7, 11) is -4.13. The molecule has 55 heavy (non-hydrogen) atoms. The first-order valence-corrected chi connectivity index (χ1v) is 19.9. The van der Waals surface area contributed by atoms with E-state index in [1.54, 1.807) is 33.8 Å². The Bertz CT molecular complexity index is 1840. The molecule has 0 radical (unpaired) electrons. The van der Waals surface area contributed by atoms with Gasteiger partial charge in [0.1, 0.15) is 23.2 Å². The second kappa shape index (κ2) is 15.0. The fraction of sp³-hybridized carbons (Fsp3) is 0.649. The Morgan fingerprint density at radius 1 is 1.07 bits per heavy atom. The number of allylic oxidation sites excluding steroid dienone is 1. The molecule has 3 fully saturated rings. The topological polar surface area (TPSA) is 192 Å². The van der Waals surface area contributed by atoms with Crippen LogP contribution in [0.5, 0.6) is 0 Å². The third-order valence-electron chi connectivity index (χ3n) is 11.0. The van der Waals surface area contributed by atoms with E-state index < -0.39 is 116 Å². The van der Waals surface area contributed by atoms with Gasteiger partial charge in [0.25, 0.3) is 5.91 Å². The molecule has 7 atom stereocenters. The molecule has 5 amide bonds. The minimum absolute atomic E-state index is 0.000421. The summed E-state index contributed by atoms with van der Waals surface area (Å²) in [4.78, 5) is 70.4. The van der Waals surface area contributed by atoms with Crippen LogP contribution in [0.25, 0.3) is 0 Å². The van der Waals surface area contributed by atoms with E-state index in [-0.39, 0.29) is 12.3 Å². The van der Waals surface area contributed by atoms with Gasteiger partial charge in [0.05, 0.1) is 22.0 Å². The van der Waals surface area contributed by atoms with Crippen LogP contribution < -0.4 is 20.3 Å². The first-order chi connectivity index (χ1) is 25.4. The van der Waals surface area contributed by atoms with Gasteiger partial charge in [-0.1, -0.05) is 38.1 Å². The summed E-state index contributed by atoms with van der Waals surface area (Å²) in [5, 5.41) is 15.7. The van der Waals surface area contributed by atoms with E-state index >= 15 is 0 Å². The summed E-state index contributed by atoms with van der Waals surface area (Å²) in [5.74, 6) is -3.93. The number of halogens is 3. The number of para-hydroxylation sites is 1. The molecule has 14 nitrogen and oxygen atoms in total. The zero-order valence-electron chi connectivity index (χ0n) is 31.7. The number of ether oxygens (including phenoxy) is 1. The van der Waals surface area contributed by atoms with Crippen molar-refractivity contribution in [1.82, 2.24) is 20.3 Å². The maximum Gasteiger partial charge on any atom is 0.418 e. The molecule has 1 saturated heterocycles. The minimum atomic E-state index is -4.96. The number of alkyl carbamates (subject to hydrolysis) is 1. The van der Waals surface area contributed by atoms with Gasteiger partial charge in [-0.15, -0.1) is 0 Å². The molecule has 2 aliphatic carbocycles. The Morgan fingerprint density at radius 2 is 1.73 bits per heavy atom. The van der Waals surface area contributed by atoms with Gasteiger partial charge in [0.2, 0.25) is 21.8 Å². The van der Waals surface area contributed by atoms with Crippen molar-refractivity contribution in [2.24, 2.45) is 17.8 Å². The number of hydrogen-bond acceptors (Lipinski definition) is 8. The molecule has 1 aromatic carbocycles. The van der Waals surface area contributed by atoms with Crippen molar-refractivity contribution in [3.05, 3.63) is 42.0 Å². The molecule has 4 N–H and O–H groups in total. The number of carbonyl (C=O) groups excluding carboxylic acids is 4. The second-order valence-corrected chi connectivity index (χ2v) is 18.9. The van der Waals surface area contributed by atoms with Crippen LogP contribution in [-0.2, 0) is 35.3 Å². The van der Waals surface area contributed by atoms with Crippen molar-refractivity contribution in [3.8, 4) is 0 Å². The van der Waals surface area contributed by atoms with Gasteiger partial charge in [0, 0.05) is 12.5 Å². The number of alkyl halides is 3. The van der Waals surface area contributed by atoms with E-state index in [4.69, 9.17) is 4.74 Å². The van der Waals surface area contributed by atoms with Crippen LogP contribution in [0.3, 0.4) is 0 Å². The van der Waals surface area contributed by atoms with E-state index in [1.807, 2.05) is 13.0 Å². The molecule has 2 saturated carbocycles. The van der Waals surface area contributed by atoms with Gasteiger partial charge in [-0.05, 0) is 96.6 Å². The van der Waals surface area contributed by atoms with Gasteiger partial charge in [0.15, 0.2) is 0 Å². The van der Waals surface area contributed by atoms with Crippen molar-refractivity contribution >= 4 is 45.6 Å². The molecule has 18 heteroatoms. The quantitative estimate of drug-likeness (QED) is 0.289. The number of benzene rings is 1. The minimum Gasteiger partial charge on any atom is -0.465 e. The van der Waals surface area contributed by atoms with Crippen LogP contribution in [0.1, 0.15) is 92.1 Å². The number of nitrogens with one attached hydrogen (secondary N) is 3. The normalized spacial score (nSPS) is 30.3. The Morgan fingerprint density at radius 3 is 2.33 bits per heavy atom. The van der Waals surface area contributed by atoms with Gasteiger partial charge in [-0.2, -0.15) is 13.2 Å². The van der Waals surface area contributed by atoms with E-state index in [2.05, 4.69) is 15.4 Å². The first kappa shape index (κ1) is 41.8. The molecule has 4 aliphatic rings. The van der Waals surface area contributed by atoms with Crippen LogP contribution >= 0.6 is 0 Å². The fourth-order valence-electron chi connectivity index (χ4n) is 7.53.